The summed E-state index contributed by atoms with van der Waals surface area (Å²) in [5.41, 5.74) is 0. The van der Waals surface area contributed by atoms with Gasteiger partial charge in [-0.05, 0) is 19.3 Å². The Labute approximate surface area is 104 Å². The van der Waals surface area contributed by atoms with E-state index in [1.807, 2.05) is 4.90 Å². The van der Waals surface area contributed by atoms with E-state index < -0.39 is 18.6 Å². The van der Waals surface area contributed by atoms with Crippen LogP contribution in [0.4, 0.5) is 13.2 Å². The van der Waals surface area contributed by atoms with E-state index in [2.05, 4.69) is 12.2 Å². The van der Waals surface area contributed by atoms with Gasteiger partial charge in [0.25, 0.3) is 0 Å². The number of carbonyl (C=O) groups is 1. The highest BCUT2D eigenvalue weighted by Crippen LogP contribution is 2.21. The van der Waals surface area contributed by atoms with Gasteiger partial charge in [0.1, 0.15) is 6.54 Å². The molecule has 0 spiro atoms. The number of amides is 1. The first kappa shape index (κ1) is 13.4. The van der Waals surface area contributed by atoms with Gasteiger partial charge in [0.05, 0.1) is 6.54 Å². The number of halogens is 3. The number of rotatable bonds is 2. The van der Waals surface area contributed by atoms with E-state index in [4.69, 9.17) is 0 Å². The third-order valence-electron chi connectivity index (χ3n) is 3.42. The van der Waals surface area contributed by atoms with Gasteiger partial charge >= 0.3 is 6.18 Å². The van der Waals surface area contributed by atoms with Gasteiger partial charge in [-0.3, -0.25) is 9.69 Å². The molecule has 3 nitrogen and oxygen atoms in total. The third-order valence-corrected chi connectivity index (χ3v) is 3.42. The number of hydrogen-bond acceptors (Lipinski definition) is 2. The molecule has 2 aliphatic rings. The molecular weight excluding hydrogens is 245 g/mol. The first-order valence-electron chi connectivity index (χ1n) is 6.21. The van der Waals surface area contributed by atoms with Crippen LogP contribution in [0.15, 0.2) is 12.2 Å². The summed E-state index contributed by atoms with van der Waals surface area (Å²) >= 11 is 0. The van der Waals surface area contributed by atoms with Crippen LogP contribution in [0, 0.1) is 0 Å². The second-order valence-electron chi connectivity index (χ2n) is 4.83. The molecule has 1 saturated heterocycles. The summed E-state index contributed by atoms with van der Waals surface area (Å²) in [4.78, 5) is 14.6. The second kappa shape index (κ2) is 5.30. The molecule has 1 fully saturated rings. The lowest BCUT2D eigenvalue weighted by Gasteiger charge is -2.38. The molecule has 2 rings (SSSR count). The Morgan fingerprint density at radius 1 is 1.33 bits per heavy atom. The van der Waals surface area contributed by atoms with Crippen molar-refractivity contribution in [3.05, 3.63) is 12.2 Å². The van der Waals surface area contributed by atoms with E-state index >= 15 is 0 Å². The van der Waals surface area contributed by atoms with E-state index in [1.165, 1.54) is 0 Å². The minimum atomic E-state index is -4.30. The lowest BCUT2D eigenvalue weighted by molar-refractivity contribution is -0.166. The average Bonchev–Trinajstić information content (AvgIpc) is 2.31. The van der Waals surface area contributed by atoms with Crippen LogP contribution in [0.5, 0.6) is 0 Å². The summed E-state index contributed by atoms with van der Waals surface area (Å²) in [6.45, 7) is -0.329. The van der Waals surface area contributed by atoms with Gasteiger partial charge in [-0.25, -0.2) is 0 Å². The van der Waals surface area contributed by atoms with Gasteiger partial charge in [-0.15, -0.1) is 0 Å². The van der Waals surface area contributed by atoms with E-state index in [-0.39, 0.29) is 19.1 Å². The largest absolute Gasteiger partial charge is 0.406 e. The van der Waals surface area contributed by atoms with Crippen LogP contribution in [0.3, 0.4) is 0 Å². The van der Waals surface area contributed by atoms with Crippen molar-refractivity contribution in [1.82, 2.24) is 9.80 Å². The molecule has 0 aromatic heterocycles. The molecule has 0 aromatic rings. The fourth-order valence-corrected chi connectivity index (χ4v) is 2.49. The predicted octanol–water partition coefficient (Wildman–Crippen LogP) is 1.80. The zero-order valence-corrected chi connectivity index (χ0v) is 10.1. The number of alkyl halides is 3. The summed E-state index contributed by atoms with van der Waals surface area (Å²) in [5.74, 6) is -0.419. The first-order chi connectivity index (χ1) is 8.46. The molecule has 1 aliphatic carbocycles. The average molecular weight is 262 g/mol. The molecule has 1 heterocycles. The Morgan fingerprint density at radius 2 is 2.11 bits per heavy atom. The van der Waals surface area contributed by atoms with Gasteiger partial charge in [-0.2, -0.15) is 13.2 Å². The van der Waals surface area contributed by atoms with Crippen LogP contribution in [0.2, 0.25) is 0 Å². The third kappa shape index (κ3) is 3.48. The molecule has 6 heteroatoms. The zero-order valence-electron chi connectivity index (χ0n) is 10.1. The topological polar surface area (TPSA) is 23.6 Å². The first-order valence-corrected chi connectivity index (χ1v) is 6.21. The van der Waals surface area contributed by atoms with Crippen LogP contribution in [0.1, 0.15) is 19.3 Å². The number of piperazine rings is 1. The SMILES string of the molecule is O=C1CN(C2C=CCCC2)CCN1CC(F)(F)F. The number of allylic oxidation sites excluding steroid dienone is 1. The molecule has 0 saturated carbocycles. The summed E-state index contributed by atoms with van der Waals surface area (Å²) in [5, 5.41) is 0. The maximum Gasteiger partial charge on any atom is 0.406 e. The van der Waals surface area contributed by atoms with Crippen molar-refractivity contribution in [3.63, 3.8) is 0 Å². The minimum absolute atomic E-state index is 0.102. The standard InChI is InChI=1S/C12H17F3N2O/c13-12(14,15)9-17-7-6-16(8-11(17)18)10-4-2-1-3-5-10/h2,4,10H,1,3,5-9H2. The van der Waals surface area contributed by atoms with E-state index in [1.54, 1.807) is 0 Å². The quantitative estimate of drug-likeness (QED) is 0.708. The lowest BCUT2D eigenvalue weighted by atomic mass is 10.0. The molecular formula is C12H17F3N2O. The summed E-state index contributed by atoms with van der Waals surface area (Å²) in [7, 11) is 0. The summed E-state index contributed by atoms with van der Waals surface area (Å²) < 4.78 is 36.7. The van der Waals surface area contributed by atoms with E-state index in [9.17, 15) is 18.0 Å². The minimum Gasteiger partial charge on any atom is -0.331 e. The molecule has 0 bridgehead atoms. The monoisotopic (exact) mass is 262 g/mol. The number of hydrogen-bond donors (Lipinski definition) is 0. The normalized spacial score (nSPS) is 26.7. The molecule has 0 N–H and O–H groups in total. The van der Waals surface area contributed by atoms with Crippen LogP contribution in [0.25, 0.3) is 0 Å². The molecule has 1 atom stereocenters. The van der Waals surface area contributed by atoms with Gasteiger partial charge in [0.2, 0.25) is 5.91 Å². The maximum absolute atomic E-state index is 12.2. The van der Waals surface area contributed by atoms with Crippen LogP contribution in [-0.2, 0) is 4.79 Å². The van der Waals surface area contributed by atoms with Crippen LogP contribution < -0.4 is 0 Å². The Hall–Kier alpha value is -1.04. The smallest absolute Gasteiger partial charge is 0.331 e. The van der Waals surface area contributed by atoms with Crippen molar-refractivity contribution in [2.45, 2.75) is 31.5 Å². The van der Waals surface area contributed by atoms with Crippen molar-refractivity contribution in [1.29, 1.82) is 0 Å². The molecule has 0 aromatic carbocycles. The van der Waals surface area contributed by atoms with Crippen LogP contribution in [-0.4, -0.2) is 54.1 Å². The Bertz CT molecular complexity index is 341. The highest BCUT2D eigenvalue weighted by Gasteiger charge is 2.36. The second-order valence-corrected chi connectivity index (χ2v) is 4.83. The van der Waals surface area contributed by atoms with Gasteiger partial charge < -0.3 is 4.90 Å². The number of carbonyl (C=O) groups excluding carboxylic acids is 1. The Morgan fingerprint density at radius 3 is 2.67 bits per heavy atom. The molecule has 1 aliphatic heterocycles. The molecule has 18 heavy (non-hydrogen) atoms. The van der Waals surface area contributed by atoms with Crippen molar-refractivity contribution < 1.29 is 18.0 Å². The lowest BCUT2D eigenvalue weighted by Crippen LogP contribution is -2.55. The Kier molecular flexibility index (Phi) is 3.94. The molecule has 1 amide bonds. The van der Waals surface area contributed by atoms with Gasteiger partial charge in [0.15, 0.2) is 0 Å². The van der Waals surface area contributed by atoms with Crippen molar-refractivity contribution in [3.8, 4) is 0 Å². The van der Waals surface area contributed by atoms with E-state index in [0.717, 1.165) is 24.2 Å². The fraction of sp³-hybridized carbons (Fsp3) is 0.750. The van der Waals surface area contributed by atoms with Crippen molar-refractivity contribution >= 4 is 5.91 Å². The van der Waals surface area contributed by atoms with Gasteiger partial charge in [-0.1, -0.05) is 12.2 Å². The molecule has 102 valence electrons. The Balaban J connectivity index is 1.89. The van der Waals surface area contributed by atoms with Crippen molar-refractivity contribution in [2.75, 3.05) is 26.2 Å². The zero-order chi connectivity index (χ0) is 13.2. The van der Waals surface area contributed by atoms with Crippen molar-refractivity contribution in [2.24, 2.45) is 0 Å². The highest BCUT2D eigenvalue weighted by molar-refractivity contribution is 5.79. The summed E-state index contributed by atoms with van der Waals surface area (Å²) in [6.07, 6.45) is 2.97. The highest BCUT2D eigenvalue weighted by atomic mass is 19.4. The fourth-order valence-electron chi connectivity index (χ4n) is 2.49. The molecule has 0 radical (unpaired) electrons. The summed E-state index contributed by atoms with van der Waals surface area (Å²) in [6, 6.07) is 0.218. The van der Waals surface area contributed by atoms with Crippen LogP contribution >= 0.6 is 0 Å². The number of nitrogens with zero attached hydrogens (tertiary/aromatic N) is 2. The maximum atomic E-state index is 12.2. The van der Waals surface area contributed by atoms with Gasteiger partial charge in [0, 0.05) is 19.1 Å². The predicted molar refractivity (Wildman–Crippen MR) is 61.0 cm³/mol. The molecule has 1 unspecified atom stereocenters. The van der Waals surface area contributed by atoms with E-state index in [0.29, 0.717) is 6.54 Å².